The van der Waals surface area contributed by atoms with Crippen molar-refractivity contribution in [3.63, 3.8) is 0 Å². The van der Waals surface area contributed by atoms with Crippen LogP contribution in [0.4, 0.5) is 5.82 Å². The molecule has 1 saturated carbocycles. The van der Waals surface area contributed by atoms with Gasteiger partial charge >= 0.3 is 0 Å². The summed E-state index contributed by atoms with van der Waals surface area (Å²) in [6.07, 6.45) is 8.03. The lowest BCUT2D eigenvalue weighted by atomic mass is 9.80. The van der Waals surface area contributed by atoms with Crippen molar-refractivity contribution in [1.29, 1.82) is 0 Å². The summed E-state index contributed by atoms with van der Waals surface area (Å²) < 4.78 is 2.14. The third kappa shape index (κ3) is 2.13. The number of hydrogen-bond acceptors (Lipinski definition) is 6. The fourth-order valence-electron chi connectivity index (χ4n) is 4.48. The predicted octanol–water partition coefficient (Wildman–Crippen LogP) is 2.13. The van der Waals surface area contributed by atoms with E-state index in [4.69, 9.17) is 0 Å². The third-order valence-electron chi connectivity index (χ3n) is 5.69. The molecular formula is C19H19N5O2. The van der Waals surface area contributed by atoms with E-state index in [0.717, 1.165) is 18.7 Å². The zero-order valence-corrected chi connectivity index (χ0v) is 14.2. The van der Waals surface area contributed by atoms with E-state index in [9.17, 15) is 9.59 Å². The smallest absolute Gasteiger partial charge is 0.270 e. The van der Waals surface area contributed by atoms with Crippen LogP contribution in [0.25, 0.3) is 0 Å². The highest BCUT2D eigenvalue weighted by molar-refractivity contribution is 6.70. The Bertz CT molecular complexity index is 904. The second-order valence-electron chi connectivity index (χ2n) is 7.08. The molecule has 3 unspecified atom stereocenters. The number of amidine groups is 1. The van der Waals surface area contributed by atoms with Crippen molar-refractivity contribution in [1.82, 2.24) is 15.0 Å². The molecule has 7 nitrogen and oxygen atoms in total. The van der Waals surface area contributed by atoms with Crippen molar-refractivity contribution in [3.05, 3.63) is 48.4 Å². The molecule has 0 bridgehead atoms. The van der Waals surface area contributed by atoms with Crippen LogP contribution in [0.1, 0.15) is 42.1 Å². The fourth-order valence-corrected chi connectivity index (χ4v) is 4.48. The van der Waals surface area contributed by atoms with Crippen molar-refractivity contribution in [2.45, 2.75) is 37.9 Å². The van der Waals surface area contributed by atoms with Crippen molar-refractivity contribution >= 4 is 23.2 Å². The lowest BCUT2D eigenvalue weighted by Crippen LogP contribution is -2.55. The van der Waals surface area contributed by atoms with Gasteiger partial charge in [-0.25, -0.2) is 4.98 Å². The molecule has 26 heavy (non-hydrogen) atoms. The lowest BCUT2D eigenvalue weighted by Gasteiger charge is -2.45. The van der Waals surface area contributed by atoms with E-state index < -0.39 is 11.6 Å². The van der Waals surface area contributed by atoms with Crippen LogP contribution in [0, 0.1) is 5.92 Å². The van der Waals surface area contributed by atoms with E-state index >= 15 is 0 Å². The number of rotatable bonds is 3. The first-order valence-corrected chi connectivity index (χ1v) is 9.04. The first-order chi connectivity index (χ1) is 12.8. The number of hydrazone groups is 1. The lowest BCUT2D eigenvalue weighted by molar-refractivity contribution is -0.109. The van der Waals surface area contributed by atoms with Gasteiger partial charge in [-0.2, -0.15) is 5.10 Å². The number of carbonyl (C=O) groups excluding carboxylic acids is 2. The third-order valence-corrected chi connectivity index (χ3v) is 5.69. The van der Waals surface area contributed by atoms with Gasteiger partial charge in [0, 0.05) is 17.5 Å². The van der Waals surface area contributed by atoms with Gasteiger partial charge < -0.3 is 4.57 Å². The number of fused-ring (bicyclic) bond motifs is 6. The number of Topliss-reactive ketones (excluding diaryl/α,β-unsaturated/α-hetero) is 2. The molecule has 2 aliphatic heterocycles. The van der Waals surface area contributed by atoms with Gasteiger partial charge in [-0.05, 0) is 12.8 Å². The van der Waals surface area contributed by atoms with Crippen molar-refractivity contribution in [3.8, 4) is 0 Å². The second kappa shape index (κ2) is 5.79. The maximum absolute atomic E-state index is 12.9. The van der Waals surface area contributed by atoms with E-state index in [-0.39, 0.29) is 12.0 Å². The molecule has 3 atom stereocenters. The van der Waals surface area contributed by atoms with Crippen LogP contribution < -0.4 is 10.3 Å². The van der Waals surface area contributed by atoms with Crippen LogP contribution in [0.15, 0.2) is 48.0 Å². The van der Waals surface area contributed by atoms with Gasteiger partial charge in [0.2, 0.25) is 11.6 Å². The largest absolute Gasteiger partial charge is 0.314 e. The van der Waals surface area contributed by atoms with Gasteiger partial charge in [-0.1, -0.05) is 43.2 Å². The Morgan fingerprint density at radius 2 is 1.88 bits per heavy atom. The molecule has 3 aliphatic rings. The van der Waals surface area contributed by atoms with Gasteiger partial charge in [0.25, 0.3) is 5.78 Å². The standard InChI is InChI=1S/C19H19N5O2/c25-16(12-6-2-1-3-7-12)17(26)19-22-21-18-13-8-4-5-9-14(13)23-11-20-10-15(23)24(18)19/h1-3,6-7,10-11,13-14,18,21H,4-5,8-9H2. The SMILES string of the molecule is O=C(C(=O)c1ccccc1)C1=NNC2C3CCCCC3n3cncc3N12. The Hall–Kier alpha value is -2.96. The fraction of sp³-hybridized carbons (Fsp3) is 0.368. The minimum Gasteiger partial charge on any atom is -0.314 e. The summed E-state index contributed by atoms with van der Waals surface area (Å²) >= 11 is 0. The molecule has 0 amide bonds. The van der Waals surface area contributed by atoms with Crippen LogP contribution in [0.2, 0.25) is 0 Å². The Morgan fingerprint density at radius 1 is 1.08 bits per heavy atom. The first kappa shape index (κ1) is 15.3. The Balaban J connectivity index is 1.51. The maximum atomic E-state index is 12.9. The average molecular weight is 349 g/mol. The van der Waals surface area contributed by atoms with Crippen LogP contribution in [0.3, 0.4) is 0 Å². The van der Waals surface area contributed by atoms with Gasteiger partial charge in [-0.15, -0.1) is 0 Å². The molecule has 132 valence electrons. The molecule has 1 aliphatic carbocycles. The highest BCUT2D eigenvalue weighted by atomic mass is 16.2. The highest BCUT2D eigenvalue weighted by Crippen LogP contribution is 2.45. The van der Waals surface area contributed by atoms with Crippen LogP contribution in [-0.4, -0.2) is 33.1 Å². The van der Waals surface area contributed by atoms with Gasteiger partial charge in [0.1, 0.15) is 12.0 Å². The van der Waals surface area contributed by atoms with Crippen LogP contribution >= 0.6 is 0 Å². The molecule has 1 aromatic carbocycles. The molecule has 3 heterocycles. The van der Waals surface area contributed by atoms with Crippen molar-refractivity contribution < 1.29 is 9.59 Å². The summed E-state index contributed by atoms with van der Waals surface area (Å²) in [5, 5.41) is 4.28. The molecule has 7 heteroatoms. The molecule has 1 aromatic heterocycles. The Morgan fingerprint density at radius 3 is 2.73 bits per heavy atom. The molecule has 0 radical (unpaired) electrons. The number of ketones is 2. The summed E-state index contributed by atoms with van der Waals surface area (Å²) in [4.78, 5) is 31.7. The topological polar surface area (TPSA) is 79.6 Å². The number of anilines is 1. The normalized spacial score (nSPS) is 26.2. The molecule has 0 saturated heterocycles. The van der Waals surface area contributed by atoms with Gasteiger partial charge in [-0.3, -0.25) is 19.9 Å². The zero-order valence-electron chi connectivity index (χ0n) is 14.2. The minimum atomic E-state index is -0.590. The average Bonchev–Trinajstić information content (AvgIpc) is 3.34. The molecule has 0 spiro atoms. The maximum Gasteiger partial charge on any atom is 0.270 e. The van der Waals surface area contributed by atoms with Crippen molar-refractivity contribution in [2.24, 2.45) is 11.0 Å². The van der Waals surface area contributed by atoms with Crippen molar-refractivity contribution in [2.75, 3.05) is 4.90 Å². The number of imidazole rings is 1. The van der Waals surface area contributed by atoms with E-state index in [2.05, 4.69) is 20.1 Å². The molecule has 1 N–H and O–H groups in total. The van der Waals surface area contributed by atoms with Crippen LogP contribution in [-0.2, 0) is 4.79 Å². The van der Waals surface area contributed by atoms with E-state index in [1.54, 1.807) is 30.5 Å². The summed E-state index contributed by atoms with van der Waals surface area (Å²) in [6.45, 7) is 0. The molecular weight excluding hydrogens is 330 g/mol. The predicted molar refractivity (Wildman–Crippen MR) is 95.8 cm³/mol. The number of benzene rings is 1. The van der Waals surface area contributed by atoms with Gasteiger partial charge in [0.15, 0.2) is 0 Å². The molecule has 5 rings (SSSR count). The summed E-state index contributed by atoms with van der Waals surface area (Å²) in [6, 6.07) is 8.99. The van der Waals surface area contributed by atoms with Gasteiger partial charge in [0.05, 0.1) is 12.5 Å². The minimum absolute atomic E-state index is 0.0907. The zero-order chi connectivity index (χ0) is 17.7. The number of nitrogens with zero attached hydrogens (tertiary/aromatic N) is 4. The second-order valence-corrected chi connectivity index (χ2v) is 7.08. The number of aromatic nitrogens is 2. The molecule has 1 fully saturated rings. The quantitative estimate of drug-likeness (QED) is 0.678. The molecule has 2 aromatic rings. The summed E-state index contributed by atoms with van der Waals surface area (Å²) in [7, 11) is 0. The summed E-state index contributed by atoms with van der Waals surface area (Å²) in [5.74, 6) is 0.203. The summed E-state index contributed by atoms with van der Waals surface area (Å²) in [5.41, 5.74) is 3.50. The Labute approximate surface area is 150 Å². The van der Waals surface area contributed by atoms with E-state index in [1.165, 1.54) is 12.8 Å². The monoisotopic (exact) mass is 349 g/mol. The highest BCUT2D eigenvalue weighted by Gasteiger charge is 2.48. The van der Waals surface area contributed by atoms with E-state index in [0.29, 0.717) is 17.5 Å². The first-order valence-electron chi connectivity index (χ1n) is 9.04. The number of carbonyl (C=O) groups is 2. The van der Waals surface area contributed by atoms with Crippen LogP contribution in [0.5, 0.6) is 0 Å². The Kier molecular flexibility index (Phi) is 3.41. The number of hydrogen-bond donors (Lipinski definition) is 1. The number of nitrogens with one attached hydrogen (secondary N) is 1. The van der Waals surface area contributed by atoms with E-state index in [1.807, 2.05) is 17.3 Å².